The lowest BCUT2D eigenvalue weighted by atomic mass is 10.0. The van der Waals surface area contributed by atoms with E-state index in [4.69, 9.17) is 0 Å². The van der Waals surface area contributed by atoms with E-state index in [0.29, 0.717) is 5.56 Å². The number of hydrogen-bond acceptors (Lipinski definition) is 2. The van der Waals surface area contributed by atoms with Gasteiger partial charge in [0.15, 0.2) is 17.4 Å². The number of ketones is 1. The van der Waals surface area contributed by atoms with E-state index in [1.165, 1.54) is 23.5 Å². The van der Waals surface area contributed by atoms with Crippen LogP contribution in [0.5, 0.6) is 0 Å². The fourth-order valence-corrected chi connectivity index (χ4v) is 2.58. The molecule has 1 heterocycles. The molecule has 0 saturated heterocycles. The first-order valence-electron chi connectivity index (χ1n) is 4.78. The van der Waals surface area contributed by atoms with Gasteiger partial charge in [-0.1, -0.05) is 12.1 Å². The Hall–Kier alpha value is -1.07. The summed E-state index contributed by atoms with van der Waals surface area (Å²) in [5, 5.41) is 1.68. The van der Waals surface area contributed by atoms with Crippen molar-refractivity contribution in [1.82, 2.24) is 0 Å². The summed E-state index contributed by atoms with van der Waals surface area (Å²) in [4.78, 5) is 11.8. The number of benzene rings is 1. The number of carbonyl (C=O) groups is 1. The molecule has 2 rings (SSSR count). The lowest BCUT2D eigenvalue weighted by Crippen LogP contribution is -2.05. The second-order valence-electron chi connectivity index (χ2n) is 3.45. The Bertz CT molecular complexity index is 565. The molecule has 0 fully saturated rings. The van der Waals surface area contributed by atoms with Crippen LogP contribution in [0.1, 0.15) is 15.9 Å². The quantitative estimate of drug-likeness (QED) is 0.775. The van der Waals surface area contributed by atoms with Crippen LogP contribution in [0, 0.1) is 11.6 Å². The van der Waals surface area contributed by atoms with Crippen molar-refractivity contribution in [2.24, 2.45) is 0 Å². The molecule has 0 aliphatic carbocycles. The van der Waals surface area contributed by atoms with Crippen molar-refractivity contribution >= 4 is 33.0 Å². The van der Waals surface area contributed by atoms with E-state index in [0.717, 1.165) is 9.85 Å². The van der Waals surface area contributed by atoms with Gasteiger partial charge in [0.05, 0.1) is 3.79 Å². The molecule has 0 atom stereocenters. The molecule has 0 radical (unpaired) electrons. The predicted molar refractivity (Wildman–Crippen MR) is 66.4 cm³/mol. The number of hydrogen-bond donors (Lipinski definition) is 0. The third-order valence-electron chi connectivity index (χ3n) is 2.27. The number of thiophene rings is 1. The van der Waals surface area contributed by atoms with Gasteiger partial charge in [-0.3, -0.25) is 4.79 Å². The van der Waals surface area contributed by atoms with Crippen LogP contribution >= 0.6 is 27.3 Å². The van der Waals surface area contributed by atoms with E-state index in [1.54, 1.807) is 11.4 Å². The van der Waals surface area contributed by atoms with Gasteiger partial charge in [0.2, 0.25) is 0 Å². The second kappa shape index (κ2) is 5.06. The predicted octanol–water partition coefficient (Wildman–Crippen LogP) is 4.21. The average molecular weight is 317 g/mol. The maximum atomic E-state index is 13.3. The maximum Gasteiger partial charge on any atom is 0.168 e. The average Bonchev–Trinajstić information content (AvgIpc) is 2.72. The van der Waals surface area contributed by atoms with Crippen LogP contribution in [0.2, 0.25) is 0 Å². The summed E-state index contributed by atoms with van der Waals surface area (Å²) in [5.74, 6) is -2.10. The van der Waals surface area contributed by atoms with Crippen LogP contribution in [-0.2, 0) is 6.42 Å². The first-order chi connectivity index (χ1) is 8.08. The van der Waals surface area contributed by atoms with Gasteiger partial charge in [-0.25, -0.2) is 8.78 Å². The zero-order valence-electron chi connectivity index (χ0n) is 8.54. The van der Waals surface area contributed by atoms with Crippen molar-refractivity contribution < 1.29 is 13.6 Å². The Balaban J connectivity index is 2.21. The molecule has 1 nitrogen and oxygen atoms in total. The molecular weight excluding hydrogens is 310 g/mol. The monoisotopic (exact) mass is 316 g/mol. The molecule has 17 heavy (non-hydrogen) atoms. The van der Waals surface area contributed by atoms with E-state index in [2.05, 4.69) is 15.9 Å². The molecule has 0 spiro atoms. The molecule has 0 aliphatic rings. The molecule has 0 amide bonds. The summed E-state index contributed by atoms with van der Waals surface area (Å²) >= 11 is 4.62. The van der Waals surface area contributed by atoms with Crippen molar-refractivity contribution in [1.29, 1.82) is 0 Å². The highest BCUT2D eigenvalue weighted by molar-refractivity contribution is 9.11. The summed E-state index contributed by atoms with van der Waals surface area (Å²) < 4.78 is 27.1. The minimum atomic E-state index is -0.949. The van der Waals surface area contributed by atoms with E-state index in [9.17, 15) is 13.6 Å². The molecule has 0 N–H and O–H groups in total. The fraction of sp³-hybridized carbons (Fsp3) is 0.0833. The van der Waals surface area contributed by atoms with Gasteiger partial charge >= 0.3 is 0 Å². The van der Waals surface area contributed by atoms with Crippen molar-refractivity contribution in [3.8, 4) is 0 Å². The van der Waals surface area contributed by atoms with E-state index >= 15 is 0 Å². The Labute approximate surface area is 109 Å². The highest BCUT2D eigenvalue weighted by atomic mass is 79.9. The van der Waals surface area contributed by atoms with Gasteiger partial charge in [0.1, 0.15) is 0 Å². The lowest BCUT2D eigenvalue weighted by molar-refractivity contribution is 0.0992. The molecule has 0 aliphatic heterocycles. The van der Waals surface area contributed by atoms with Crippen molar-refractivity contribution in [3.05, 3.63) is 56.2 Å². The Kier molecular flexibility index (Phi) is 3.69. The standard InChI is InChI=1S/C12H7BrF2OS/c13-11-5-8(6-17-11)10(16)4-7-2-1-3-9(14)12(7)15/h1-3,5-6H,4H2. The van der Waals surface area contributed by atoms with Gasteiger partial charge in [0, 0.05) is 17.4 Å². The molecule has 0 bridgehead atoms. The molecule has 0 unspecified atom stereocenters. The molecule has 1 aromatic heterocycles. The van der Waals surface area contributed by atoms with Crippen LogP contribution in [-0.4, -0.2) is 5.78 Å². The van der Waals surface area contributed by atoms with Gasteiger partial charge in [-0.15, -0.1) is 11.3 Å². The van der Waals surface area contributed by atoms with E-state index in [-0.39, 0.29) is 17.8 Å². The summed E-state index contributed by atoms with van der Waals surface area (Å²) in [7, 11) is 0. The highest BCUT2D eigenvalue weighted by Gasteiger charge is 2.14. The zero-order chi connectivity index (χ0) is 12.4. The van der Waals surface area contributed by atoms with E-state index in [1.807, 2.05) is 0 Å². The molecular formula is C12H7BrF2OS. The van der Waals surface area contributed by atoms with Crippen molar-refractivity contribution in [2.45, 2.75) is 6.42 Å². The highest BCUT2D eigenvalue weighted by Crippen LogP contribution is 2.22. The largest absolute Gasteiger partial charge is 0.294 e. The summed E-state index contributed by atoms with van der Waals surface area (Å²) in [6, 6.07) is 5.51. The van der Waals surface area contributed by atoms with Gasteiger partial charge in [-0.05, 0) is 33.6 Å². The summed E-state index contributed by atoms with van der Waals surface area (Å²) in [5.41, 5.74) is 0.586. The van der Waals surface area contributed by atoms with Crippen molar-refractivity contribution in [3.63, 3.8) is 0 Å². The summed E-state index contributed by atoms with van der Waals surface area (Å²) in [6.07, 6.45) is -0.132. The smallest absolute Gasteiger partial charge is 0.168 e. The number of carbonyl (C=O) groups excluding carboxylic acids is 1. The minimum Gasteiger partial charge on any atom is -0.294 e. The number of Topliss-reactive ketones (excluding diaryl/α,β-unsaturated/α-hetero) is 1. The molecule has 2 aromatic rings. The normalized spacial score (nSPS) is 10.5. The van der Waals surface area contributed by atoms with Crippen LogP contribution in [0.15, 0.2) is 33.4 Å². The van der Waals surface area contributed by atoms with Crippen LogP contribution < -0.4 is 0 Å². The Morgan fingerprint density at radius 3 is 2.76 bits per heavy atom. The first kappa shape index (κ1) is 12.4. The molecule has 88 valence electrons. The third-order valence-corrected chi connectivity index (χ3v) is 3.78. The second-order valence-corrected chi connectivity index (χ2v) is 5.74. The van der Waals surface area contributed by atoms with Crippen LogP contribution in [0.25, 0.3) is 0 Å². The molecule has 0 saturated carbocycles. The molecule has 5 heteroatoms. The number of halogens is 3. The Morgan fingerprint density at radius 1 is 1.35 bits per heavy atom. The van der Waals surface area contributed by atoms with E-state index < -0.39 is 11.6 Å². The fourth-order valence-electron chi connectivity index (χ4n) is 1.42. The van der Waals surface area contributed by atoms with Gasteiger partial charge in [-0.2, -0.15) is 0 Å². The maximum absolute atomic E-state index is 13.3. The molecule has 1 aromatic carbocycles. The van der Waals surface area contributed by atoms with Gasteiger partial charge < -0.3 is 0 Å². The zero-order valence-corrected chi connectivity index (χ0v) is 10.9. The van der Waals surface area contributed by atoms with Crippen LogP contribution in [0.4, 0.5) is 8.78 Å². The van der Waals surface area contributed by atoms with Crippen molar-refractivity contribution in [2.75, 3.05) is 0 Å². The van der Waals surface area contributed by atoms with Crippen LogP contribution in [0.3, 0.4) is 0 Å². The summed E-state index contributed by atoms with van der Waals surface area (Å²) in [6.45, 7) is 0. The SMILES string of the molecule is O=C(Cc1cccc(F)c1F)c1csc(Br)c1. The first-order valence-corrected chi connectivity index (χ1v) is 6.45. The minimum absolute atomic E-state index is 0.0809. The topological polar surface area (TPSA) is 17.1 Å². The Morgan fingerprint density at radius 2 is 2.12 bits per heavy atom. The third kappa shape index (κ3) is 2.79. The lowest BCUT2D eigenvalue weighted by Gasteiger charge is -2.02. The number of rotatable bonds is 3. The van der Waals surface area contributed by atoms with Gasteiger partial charge in [0.25, 0.3) is 0 Å².